The molecule has 0 saturated carbocycles. The fourth-order valence-electron chi connectivity index (χ4n) is 4.45. The van der Waals surface area contributed by atoms with Crippen molar-refractivity contribution < 1.29 is 22.7 Å². The molecule has 0 spiro atoms. The molecule has 0 radical (unpaired) electrons. The molecule has 184 valence electrons. The lowest BCUT2D eigenvalue weighted by atomic mass is 10.0. The van der Waals surface area contributed by atoms with Crippen molar-refractivity contribution in [2.24, 2.45) is 0 Å². The Bertz CT molecular complexity index is 1320. The Balaban J connectivity index is 1.27. The third-order valence-corrected chi connectivity index (χ3v) is 9.05. The number of piperidine rings is 1. The molecule has 1 N–H and O–H groups in total. The van der Waals surface area contributed by atoms with Crippen LogP contribution >= 0.6 is 11.3 Å². The van der Waals surface area contributed by atoms with Crippen LogP contribution in [0.4, 0.5) is 5.13 Å². The van der Waals surface area contributed by atoms with Crippen molar-refractivity contribution in [3.8, 4) is 22.8 Å². The van der Waals surface area contributed by atoms with Gasteiger partial charge in [-0.1, -0.05) is 13.3 Å². The van der Waals surface area contributed by atoms with Gasteiger partial charge in [-0.05, 0) is 61.7 Å². The number of aromatic nitrogens is 1. The number of sulfonamides is 1. The maximum atomic E-state index is 13.2. The van der Waals surface area contributed by atoms with E-state index >= 15 is 0 Å². The van der Waals surface area contributed by atoms with Gasteiger partial charge in [-0.25, -0.2) is 13.4 Å². The number of hydrogen-bond acceptors (Lipinski definition) is 7. The molecule has 1 aromatic heterocycles. The molecule has 1 saturated heterocycles. The summed E-state index contributed by atoms with van der Waals surface area (Å²) in [5.41, 5.74) is 1.95. The van der Waals surface area contributed by atoms with Crippen LogP contribution in [0, 0.1) is 0 Å². The lowest BCUT2D eigenvalue weighted by Crippen LogP contribution is -2.43. The molecular formula is C25H27N3O5S2. The van der Waals surface area contributed by atoms with Gasteiger partial charge >= 0.3 is 0 Å². The Morgan fingerprint density at radius 3 is 2.66 bits per heavy atom. The van der Waals surface area contributed by atoms with Gasteiger partial charge in [-0.2, -0.15) is 4.31 Å². The SMILES string of the molecule is CCC1CCCCN1S(=O)(=O)c1ccc(C(=O)Nc2nc(-c3ccc4c(c3)OCCO4)cs2)cc1. The first kappa shape index (κ1) is 23.8. The van der Waals surface area contributed by atoms with Crippen LogP contribution in [-0.4, -0.2) is 49.4 Å². The molecule has 0 aliphatic carbocycles. The second kappa shape index (κ2) is 9.96. The molecule has 1 amide bonds. The minimum absolute atomic E-state index is 0.0324. The van der Waals surface area contributed by atoms with Gasteiger partial charge in [-0.15, -0.1) is 11.3 Å². The van der Waals surface area contributed by atoms with Crippen LogP contribution in [0.2, 0.25) is 0 Å². The lowest BCUT2D eigenvalue weighted by molar-refractivity contribution is 0.102. The number of carbonyl (C=O) groups is 1. The smallest absolute Gasteiger partial charge is 0.257 e. The van der Waals surface area contributed by atoms with E-state index in [9.17, 15) is 13.2 Å². The number of fused-ring (bicyclic) bond motifs is 1. The topological polar surface area (TPSA) is 97.8 Å². The summed E-state index contributed by atoms with van der Waals surface area (Å²) in [6.07, 6.45) is 3.61. The number of hydrogen-bond donors (Lipinski definition) is 1. The van der Waals surface area contributed by atoms with Crippen molar-refractivity contribution in [3.63, 3.8) is 0 Å². The molecule has 2 aliphatic heterocycles. The van der Waals surface area contributed by atoms with Crippen LogP contribution in [0.1, 0.15) is 43.0 Å². The lowest BCUT2D eigenvalue weighted by Gasteiger charge is -2.34. The predicted molar refractivity (Wildman–Crippen MR) is 135 cm³/mol. The van der Waals surface area contributed by atoms with Crippen molar-refractivity contribution in [3.05, 3.63) is 53.4 Å². The number of carbonyl (C=O) groups excluding carboxylic acids is 1. The molecule has 1 atom stereocenters. The number of nitrogens with zero attached hydrogens (tertiary/aromatic N) is 2. The number of amides is 1. The van der Waals surface area contributed by atoms with Crippen molar-refractivity contribution in [2.45, 2.75) is 43.5 Å². The van der Waals surface area contributed by atoms with Crippen LogP contribution in [0.5, 0.6) is 11.5 Å². The normalized spacial score (nSPS) is 18.3. The highest BCUT2D eigenvalue weighted by Crippen LogP contribution is 2.35. The number of thiazole rings is 1. The van der Waals surface area contributed by atoms with Gasteiger partial charge in [0.05, 0.1) is 10.6 Å². The van der Waals surface area contributed by atoms with E-state index in [0.29, 0.717) is 42.0 Å². The van der Waals surface area contributed by atoms with E-state index in [4.69, 9.17) is 9.47 Å². The van der Waals surface area contributed by atoms with Gasteiger partial charge < -0.3 is 9.47 Å². The highest BCUT2D eigenvalue weighted by molar-refractivity contribution is 7.89. The molecule has 3 aromatic rings. The van der Waals surface area contributed by atoms with Gasteiger partial charge in [0, 0.05) is 29.1 Å². The Kier molecular flexibility index (Phi) is 6.77. The van der Waals surface area contributed by atoms with Crippen LogP contribution in [0.15, 0.2) is 52.7 Å². The third kappa shape index (κ3) is 4.91. The van der Waals surface area contributed by atoms with Crippen molar-refractivity contribution in [1.29, 1.82) is 0 Å². The molecule has 1 unspecified atom stereocenters. The maximum Gasteiger partial charge on any atom is 0.257 e. The molecule has 1 fully saturated rings. The molecular weight excluding hydrogens is 486 g/mol. The van der Waals surface area contributed by atoms with E-state index in [0.717, 1.165) is 36.9 Å². The van der Waals surface area contributed by atoms with Gasteiger partial charge in [0.15, 0.2) is 16.6 Å². The fraction of sp³-hybridized carbons (Fsp3) is 0.360. The average Bonchev–Trinajstić information content (AvgIpc) is 3.37. The monoisotopic (exact) mass is 513 g/mol. The molecule has 2 aromatic carbocycles. The minimum Gasteiger partial charge on any atom is -0.486 e. The second-order valence-electron chi connectivity index (χ2n) is 8.55. The predicted octanol–water partition coefficient (Wildman–Crippen LogP) is 4.79. The molecule has 0 bridgehead atoms. The zero-order chi connectivity index (χ0) is 24.4. The van der Waals surface area contributed by atoms with E-state index in [2.05, 4.69) is 10.3 Å². The zero-order valence-electron chi connectivity index (χ0n) is 19.4. The van der Waals surface area contributed by atoms with Crippen molar-refractivity contribution >= 4 is 32.4 Å². The number of ether oxygens (including phenoxy) is 2. The van der Waals surface area contributed by atoms with Gasteiger partial charge in [0.25, 0.3) is 5.91 Å². The standard InChI is InChI=1S/C25H27N3O5S2/c1-2-19-5-3-4-12-28(19)35(30,31)20-9-6-17(7-10-20)24(29)27-25-26-21(16-34-25)18-8-11-22-23(15-18)33-14-13-32-22/h6-11,15-16,19H,2-5,12-14H2,1H3,(H,26,27,29). The molecule has 10 heteroatoms. The number of benzene rings is 2. The Labute approximate surface area is 209 Å². The van der Waals surface area contributed by atoms with Crippen LogP contribution in [0.3, 0.4) is 0 Å². The summed E-state index contributed by atoms with van der Waals surface area (Å²) in [5.74, 6) is 1.04. The third-order valence-electron chi connectivity index (χ3n) is 6.33. The second-order valence-corrected chi connectivity index (χ2v) is 11.3. The summed E-state index contributed by atoms with van der Waals surface area (Å²) in [7, 11) is -3.59. The average molecular weight is 514 g/mol. The van der Waals surface area contributed by atoms with Crippen molar-refractivity contribution in [2.75, 3.05) is 25.1 Å². The Hall–Kier alpha value is -2.95. The van der Waals surface area contributed by atoms with Crippen LogP contribution < -0.4 is 14.8 Å². The number of anilines is 1. The van der Waals surface area contributed by atoms with Crippen molar-refractivity contribution in [1.82, 2.24) is 9.29 Å². The fourth-order valence-corrected chi connectivity index (χ4v) is 6.93. The maximum absolute atomic E-state index is 13.2. The molecule has 8 nitrogen and oxygen atoms in total. The Morgan fingerprint density at radius 2 is 1.89 bits per heavy atom. The molecule has 2 aliphatic rings. The first-order valence-electron chi connectivity index (χ1n) is 11.7. The first-order chi connectivity index (χ1) is 17.0. The van der Waals surface area contributed by atoms with E-state index in [-0.39, 0.29) is 16.8 Å². The molecule has 5 rings (SSSR count). The summed E-state index contributed by atoms with van der Waals surface area (Å²) < 4.78 is 39.1. The summed E-state index contributed by atoms with van der Waals surface area (Å²) in [6.45, 7) is 3.60. The summed E-state index contributed by atoms with van der Waals surface area (Å²) >= 11 is 1.32. The molecule has 3 heterocycles. The van der Waals surface area contributed by atoms with E-state index in [1.165, 1.54) is 23.5 Å². The summed E-state index contributed by atoms with van der Waals surface area (Å²) in [5, 5.41) is 5.12. The summed E-state index contributed by atoms with van der Waals surface area (Å²) in [6, 6.07) is 11.8. The van der Waals surface area contributed by atoms with E-state index in [1.807, 2.05) is 30.5 Å². The zero-order valence-corrected chi connectivity index (χ0v) is 21.0. The van der Waals surface area contributed by atoms with Gasteiger partial charge in [0.1, 0.15) is 13.2 Å². The van der Waals surface area contributed by atoms with E-state index < -0.39 is 10.0 Å². The van der Waals surface area contributed by atoms with Crippen LogP contribution in [-0.2, 0) is 10.0 Å². The first-order valence-corrected chi connectivity index (χ1v) is 14.1. The largest absolute Gasteiger partial charge is 0.486 e. The highest BCUT2D eigenvalue weighted by Gasteiger charge is 2.32. The van der Waals surface area contributed by atoms with Gasteiger partial charge in [0.2, 0.25) is 10.0 Å². The van der Waals surface area contributed by atoms with E-state index in [1.54, 1.807) is 16.4 Å². The Morgan fingerprint density at radius 1 is 1.11 bits per heavy atom. The highest BCUT2D eigenvalue weighted by atomic mass is 32.2. The summed E-state index contributed by atoms with van der Waals surface area (Å²) in [4.78, 5) is 17.5. The minimum atomic E-state index is -3.59. The number of nitrogens with one attached hydrogen (secondary N) is 1. The van der Waals surface area contributed by atoms with Crippen LogP contribution in [0.25, 0.3) is 11.3 Å². The van der Waals surface area contributed by atoms with Gasteiger partial charge in [-0.3, -0.25) is 10.1 Å². The molecule has 35 heavy (non-hydrogen) atoms. The number of rotatable bonds is 6. The quantitative estimate of drug-likeness (QED) is 0.509.